The number of hydrogen-bond acceptors (Lipinski definition) is 5. The van der Waals surface area contributed by atoms with Gasteiger partial charge in [-0.05, 0) is 24.3 Å². The predicted octanol–water partition coefficient (Wildman–Crippen LogP) is 2.33. The van der Waals surface area contributed by atoms with Gasteiger partial charge in [0.15, 0.2) is 9.84 Å². The smallest absolute Gasteiger partial charge is 0.319 e. The first-order valence-electron chi connectivity index (χ1n) is 7.59. The number of amides is 2. The van der Waals surface area contributed by atoms with Gasteiger partial charge in [0.25, 0.3) is 0 Å². The van der Waals surface area contributed by atoms with E-state index >= 15 is 0 Å². The second-order valence-corrected chi connectivity index (χ2v) is 7.33. The van der Waals surface area contributed by atoms with E-state index in [2.05, 4.69) is 16.0 Å². The molecule has 0 heterocycles. The Morgan fingerprint density at radius 1 is 1.12 bits per heavy atom. The number of para-hydroxylation sites is 1. The first-order valence-corrected chi connectivity index (χ1v) is 9.48. The van der Waals surface area contributed by atoms with E-state index in [1.807, 2.05) is 0 Å². The number of sulfone groups is 1. The molecule has 0 aliphatic carbocycles. The lowest BCUT2D eigenvalue weighted by Gasteiger charge is -2.12. The van der Waals surface area contributed by atoms with Gasteiger partial charge in [0.1, 0.15) is 17.4 Å². The van der Waals surface area contributed by atoms with Crippen LogP contribution in [0, 0.1) is 17.1 Å². The zero-order valence-electron chi connectivity index (χ0n) is 13.9. The maximum Gasteiger partial charge on any atom is 0.319 e. The molecule has 0 saturated carbocycles. The highest BCUT2D eigenvalue weighted by Gasteiger charge is 2.14. The fourth-order valence-electron chi connectivity index (χ4n) is 2.22. The van der Waals surface area contributed by atoms with E-state index in [0.717, 1.165) is 6.26 Å². The highest BCUT2D eigenvalue weighted by molar-refractivity contribution is 7.90. The van der Waals surface area contributed by atoms with Crippen LogP contribution in [0.1, 0.15) is 5.56 Å². The molecular formula is C17H17FN4O3S. The lowest BCUT2D eigenvalue weighted by atomic mass is 10.2. The average molecular weight is 376 g/mol. The summed E-state index contributed by atoms with van der Waals surface area (Å²) in [4.78, 5) is 11.9. The van der Waals surface area contributed by atoms with Gasteiger partial charge >= 0.3 is 6.03 Å². The molecule has 0 aliphatic rings. The molecule has 0 bridgehead atoms. The molecule has 0 spiro atoms. The lowest BCUT2D eigenvalue weighted by Crippen LogP contribution is -2.33. The van der Waals surface area contributed by atoms with Crippen molar-refractivity contribution in [3.8, 4) is 6.07 Å². The lowest BCUT2D eigenvalue weighted by molar-refractivity contribution is 0.252. The van der Waals surface area contributed by atoms with Crippen molar-refractivity contribution in [1.29, 1.82) is 5.26 Å². The monoisotopic (exact) mass is 376 g/mol. The molecule has 0 aliphatic heterocycles. The van der Waals surface area contributed by atoms with Gasteiger partial charge in [-0.15, -0.1) is 0 Å². The summed E-state index contributed by atoms with van der Waals surface area (Å²) in [5.41, 5.74) is 0.411. The Morgan fingerprint density at radius 3 is 2.50 bits per heavy atom. The number of nitrogens with zero attached hydrogens (tertiary/aromatic N) is 1. The quantitative estimate of drug-likeness (QED) is 0.670. The molecule has 9 heteroatoms. The summed E-state index contributed by atoms with van der Waals surface area (Å²) in [5.74, 6) is -0.624. The van der Waals surface area contributed by atoms with Crippen molar-refractivity contribution in [3.63, 3.8) is 0 Å². The van der Waals surface area contributed by atoms with Crippen LogP contribution in [-0.4, -0.2) is 33.8 Å². The van der Waals surface area contributed by atoms with Crippen molar-refractivity contribution < 1.29 is 17.6 Å². The third-order valence-corrected chi connectivity index (χ3v) is 4.54. The van der Waals surface area contributed by atoms with E-state index in [-0.39, 0.29) is 29.2 Å². The summed E-state index contributed by atoms with van der Waals surface area (Å²) in [6.45, 7) is 0.424. The molecule has 0 saturated heterocycles. The van der Waals surface area contributed by atoms with Gasteiger partial charge in [0.05, 0.1) is 16.3 Å². The summed E-state index contributed by atoms with van der Waals surface area (Å²) in [7, 11) is -3.47. The predicted molar refractivity (Wildman–Crippen MR) is 96.2 cm³/mol. The molecule has 0 aromatic heterocycles. The van der Waals surface area contributed by atoms with Gasteiger partial charge in [0, 0.05) is 19.3 Å². The van der Waals surface area contributed by atoms with Gasteiger partial charge in [0.2, 0.25) is 0 Å². The van der Waals surface area contributed by atoms with Gasteiger partial charge in [-0.1, -0.05) is 18.2 Å². The van der Waals surface area contributed by atoms with E-state index in [0.29, 0.717) is 5.69 Å². The van der Waals surface area contributed by atoms with Gasteiger partial charge in [-0.2, -0.15) is 5.26 Å². The Bertz CT molecular complexity index is 955. The van der Waals surface area contributed by atoms with Gasteiger partial charge < -0.3 is 16.0 Å². The Kier molecular flexibility index (Phi) is 6.14. The molecule has 136 valence electrons. The summed E-state index contributed by atoms with van der Waals surface area (Å²) in [6, 6.07) is 11.5. The number of halogens is 1. The van der Waals surface area contributed by atoms with Crippen LogP contribution in [0.15, 0.2) is 47.4 Å². The minimum absolute atomic E-state index is 0.0201. The van der Waals surface area contributed by atoms with Crippen LogP contribution in [0.3, 0.4) is 0 Å². The minimum atomic E-state index is -3.47. The van der Waals surface area contributed by atoms with Crippen LogP contribution in [0.2, 0.25) is 0 Å². The van der Waals surface area contributed by atoms with E-state index in [1.165, 1.54) is 24.3 Å². The fourth-order valence-corrected chi connectivity index (χ4v) is 3.06. The number of carbonyl (C=O) groups excluding carboxylic acids is 1. The van der Waals surface area contributed by atoms with Crippen molar-refractivity contribution in [2.75, 3.05) is 30.0 Å². The van der Waals surface area contributed by atoms with Crippen LogP contribution in [0.4, 0.5) is 20.6 Å². The van der Waals surface area contributed by atoms with Crippen molar-refractivity contribution in [1.82, 2.24) is 5.32 Å². The van der Waals surface area contributed by atoms with Crippen molar-refractivity contribution in [2.45, 2.75) is 4.90 Å². The maximum absolute atomic E-state index is 13.5. The molecule has 0 atom stereocenters. The first kappa shape index (κ1) is 19.2. The molecular weight excluding hydrogens is 359 g/mol. The van der Waals surface area contributed by atoms with E-state index in [9.17, 15) is 17.6 Å². The average Bonchev–Trinajstić information content (AvgIpc) is 2.58. The van der Waals surface area contributed by atoms with E-state index in [4.69, 9.17) is 5.26 Å². The first-order chi connectivity index (χ1) is 12.3. The number of benzene rings is 2. The molecule has 3 N–H and O–H groups in total. The molecule has 2 amide bonds. The highest BCUT2D eigenvalue weighted by atomic mass is 32.2. The number of rotatable bonds is 6. The fraction of sp³-hybridized carbons (Fsp3) is 0.176. The minimum Gasteiger partial charge on any atom is -0.382 e. The van der Waals surface area contributed by atoms with Crippen LogP contribution in [0.25, 0.3) is 0 Å². The zero-order valence-corrected chi connectivity index (χ0v) is 14.7. The van der Waals surface area contributed by atoms with Crippen molar-refractivity contribution in [2.24, 2.45) is 0 Å². The molecule has 0 radical (unpaired) electrons. The molecule has 2 rings (SSSR count). The third kappa shape index (κ3) is 4.94. The molecule has 7 nitrogen and oxygen atoms in total. The number of hydrogen-bond donors (Lipinski definition) is 3. The molecule has 2 aromatic carbocycles. The number of nitriles is 1. The van der Waals surface area contributed by atoms with Gasteiger partial charge in [-0.25, -0.2) is 17.6 Å². The Morgan fingerprint density at radius 2 is 1.81 bits per heavy atom. The Labute approximate surface area is 150 Å². The SMILES string of the molecule is CS(=O)(=O)c1ccccc1NC(=O)NCCNc1cccc(F)c1C#N. The Hall–Kier alpha value is -3.12. The van der Waals surface area contributed by atoms with Crippen molar-refractivity contribution in [3.05, 3.63) is 53.8 Å². The van der Waals surface area contributed by atoms with E-state index in [1.54, 1.807) is 24.3 Å². The molecule has 0 unspecified atom stereocenters. The van der Waals surface area contributed by atoms with Crippen LogP contribution in [0.5, 0.6) is 0 Å². The summed E-state index contributed by atoms with van der Waals surface area (Å²) in [5, 5.41) is 16.8. The maximum atomic E-state index is 13.5. The van der Waals surface area contributed by atoms with Crippen LogP contribution >= 0.6 is 0 Å². The van der Waals surface area contributed by atoms with Crippen LogP contribution in [-0.2, 0) is 9.84 Å². The van der Waals surface area contributed by atoms with Crippen LogP contribution < -0.4 is 16.0 Å². The zero-order chi connectivity index (χ0) is 19.2. The molecule has 0 fully saturated rings. The Balaban J connectivity index is 1.90. The number of anilines is 2. The summed E-state index contributed by atoms with van der Waals surface area (Å²) < 4.78 is 36.9. The van der Waals surface area contributed by atoms with Crippen molar-refractivity contribution >= 4 is 27.2 Å². The highest BCUT2D eigenvalue weighted by Crippen LogP contribution is 2.20. The number of urea groups is 1. The second-order valence-electron chi connectivity index (χ2n) is 5.35. The molecule has 2 aromatic rings. The number of nitrogens with one attached hydrogen (secondary N) is 3. The standard InChI is InChI=1S/C17H17FN4O3S/c1-26(24,25)16-8-3-2-6-15(16)22-17(23)21-10-9-20-14-7-4-5-13(18)12(14)11-19/h2-8,20H,9-10H2,1H3,(H2,21,22,23). The number of carbonyl (C=O) groups is 1. The van der Waals surface area contributed by atoms with Gasteiger partial charge in [-0.3, -0.25) is 0 Å². The topological polar surface area (TPSA) is 111 Å². The summed E-state index contributed by atoms with van der Waals surface area (Å²) >= 11 is 0. The van der Waals surface area contributed by atoms with E-state index < -0.39 is 21.7 Å². The normalized spacial score (nSPS) is 10.7. The summed E-state index contributed by atoms with van der Waals surface area (Å²) in [6.07, 6.45) is 1.06. The third-order valence-electron chi connectivity index (χ3n) is 3.39. The molecule has 26 heavy (non-hydrogen) atoms. The largest absolute Gasteiger partial charge is 0.382 e. The second kappa shape index (κ2) is 8.31.